The number of nitriles is 1. The summed E-state index contributed by atoms with van der Waals surface area (Å²) >= 11 is 0. The van der Waals surface area contributed by atoms with Gasteiger partial charge >= 0.3 is 12.1 Å². The lowest BCUT2D eigenvalue weighted by molar-refractivity contribution is -0.192. The number of carboxylic acids is 1. The molecule has 5 rings (SSSR count). The Morgan fingerprint density at radius 3 is 2.34 bits per heavy atom. The lowest BCUT2D eigenvalue weighted by Crippen LogP contribution is -2.36. The first kappa shape index (κ1) is 29.8. The summed E-state index contributed by atoms with van der Waals surface area (Å²) in [6.45, 7) is 6.43. The van der Waals surface area contributed by atoms with Crippen molar-refractivity contribution in [2.45, 2.75) is 32.0 Å². The molecule has 0 radical (unpaired) electrons. The van der Waals surface area contributed by atoms with Gasteiger partial charge in [0.25, 0.3) is 0 Å². The van der Waals surface area contributed by atoms with Crippen molar-refractivity contribution in [2.24, 2.45) is 0 Å². The highest BCUT2D eigenvalue weighted by Crippen LogP contribution is 2.27. The van der Waals surface area contributed by atoms with Crippen LogP contribution in [0.25, 0.3) is 11.3 Å². The minimum Gasteiger partial charge on any atom is -0.475 e. The molecule has 2 N–H and O–H groups in total. The smallest absolute Gasteiger partial charge is 0.475 e. The van der Waals surface area contributed by atoms with Crippen molar-refractivity contribution in [1.29, 1.82) is 5.26 Å². The van der Waals surface area contributed by atoms with E-state index in [1.165, 1.54) is 37.9 Å². The van der Waals surface area contributed by atoms with E-state index in [2.05, 4.69) is 56.5 Å². The van der Waals surface area contributed by atoms with Gasteiger partial charge in [0.15, 0.2) is 0 Å². The molecule has 2 aromatic carbocycles. The quantitative estimate of drug-likeness (QED) is 0.413. The third kappa shape index (κ3) is 8.89. The molecule has 2 aliphatic heterocycles. The molecule has 0 bridgehead atoms. The number of aromatic nitrogens is 2. The fraction of sp³-hybridized carbons (Fsp3) is 0.379. The zero-order chi connectivity index (χ0) is 29.2. The minimum atomic E-state index is -5.08. The summed E-state index contributed by atoms with van der Waals surface area (Å²) in [4.78, 5) is 22.8. The van der Waals surface area contributed by atoms with Crippen molar-refractivity contribution in [1.82, 2.24) is 14.9 Å². The molecule has 1 aromatic heterocycles. The number of carboxylic acid groups (broad SMARTS) is 1. The van der Waals surface area contributed by atoms with Crippen LogP contribution in [-0.2, 0) is 16.1 Å². The molecule has 216 valence electrons. The number of aliphatic carboxylic acids is 1. The number of nitrogens with one attached hydrogen (secondary N) is 1. The van der Waals surface area contributed by atoms with Gasteiger partial charge in [-0.15, -0.1) is 0 Å². The number of alkyl halides is 3. The average molecular weight is 569 g/mol. The van der Waals surface area contributed by atoms with Crippen molar-refractivity contribution >= 4 is 23.3 Å². The van der Waals surface area contributed by atoms with Crippen molar-refractivity contribution in [2.75, 3.05) is 49.6 Å². The number of anilines is 3. The standard InChI is InChI=1S/C27H30N6O.C2HF3O2/c28-19-22-16-23(18-25(17-22)33-12-14-34-15-13-33)26-8-9-29-27(31-26)30-24-6-4-21(5-7-24)20-32-10-2-1-3-11-32;3-2(4,5)1(6)7/h4-9,16-18H,1-3,10-15,20H2,(H,29,30,31);(H,6,7). The molecule has 2 fully saturated rings. The third-order valence-corrected chi connectivity index (χ3v) is 6.68. The van der Waals surface area contributed by atoms with Crippen LogP contribution in [0.2, 0.25) is 0 Å². The van der Waals surface area contributed by atoms with E-state index < -0.39 is 12.1 Å². The van der Waals surface area contributed by atoms with Crippen LogP contribution in [0.4, 0.5) is 30.5 Å². The Bertz CT molecular complexity index is 1350. The lowest BCUT2D eigenvalue weighted by atomic mass is 10.1. The highest BCUT2D eigenvalue weighted by Gasteiger charge is 2.38. The molecule has 0 saturated carbocycles. The Hall–Kier alpha value is -4.21. The molecule has 0 amide bonds. The van der Waals surface area contributed by atoms with Crippen LogP contribution >= 0.6 is 0 Å². The van der Waals surface area contributed by atoms with Gasteiger partial charge in [0, 0.05) is 42.8 Å². The van der Waals surface area contributed by atoms with E-state index >= 15 is 0 Å². The van der Waals surface area contributed by atoms with Crippen LogP contribution in [-0.4, -0.2) is 71.5 Å². The number of nitrogens with zero attached hydrogens (tertiary/aromatic N) is 5. The molecule has 2 saturated heterocycles. The number of ether oxygens (including phenoxy) is 1. The monoisotopic (exact) mass is 568 g/mol. The van der Waals surface area contributed by atoms with Crippen molar-refractivity contribution in [3.05, 3.63) is 65.9 Å². The Kier molecular flexibility index (Phi) is 10.1. The van der Waals surface area contributed by atoms with Crippen LogP contribution in [0.1, 0.15) is 30.4 Å². The number of rotatable bonds is 6. The highest BCUT2D eigenvalue weighted by molar-refractivity contribution is 5.73. The number of piperidine rings is 1. The number of carbonyl (C=O) groups is 1. The van der Waals surface area contributed by atoms with Gasteiger partial charge in [-0.3, -0.25) is 4.90 Å². The molecule has 3 aromatic rings. The van der Waals surface area contributed by atoms with Crippen LogP contribution in [0, 0.1) is 11.3 Å². The normalized spacial score (nSPS) is 15.8. The fourth-order valence-electron chi connectivity index (χ4n) is 4.61. The second-order valence-corrected chi connectivity index (χ2v) is 9.71. The summed E-state index contributed by atoms with van der Waals surface area (Å²) < 4.78 is 37.2. The van der Waals surface area contributed by atoms with E-state index in [9.17, 15) is 18.4 Å². The van der Waals surface area contributed by atoms with Gasteiger partial charge in [0.05, 0.1) is 30.5 Å². The number of benzene rings is 2. The van der Waals surface area contributed by atoms with Gasteiger partial charge in [-0.1, -0.05) is 18.6 Å². The average Bonchev–Trinajstić information content (AvgIpc) is 2.99. The van der Waals surface area contributed by atoms with E-state index in [-0.39, 0.29) is 0 Å². The number of likely N-dealkylation sites (tertiary alicyclic amines) is 1. The van der Waals surface area contributed by atoms with Crippen LogP contribution in [0.15, 0.2) is 54.7 Å². The molecule has 3 heterocycles. The Labute approximate surface area is 236 Å². The minimum absolute atomic E-state index is 0.538. The van der Waals surface area contributed by atoms with Crippen LogP contribution in [0.3, 0.4) is 0 Å². The van der Waals surface area contributed by atoms with Gasteiger partial charge in [0.1, 0.15) is 0 Å². The van der Waals surface area contributed by atoms with Gasteiger partial charge < -0.3 is 20.1 Å². The Morgan fingerprint density at radius 1 is 1.02 bits per heavy atom. The molecule has 0 atom stereocenters. The van der Waals surface area contributed by atoms with E-state index in [0.717, 1.165) is 42.3 Å². The molecule has 9 nitrogen and oxygen atoms in total. The summed E-state index contributed by atoms with van der Waals surface area (Å²) in [6, 6.07) is 18.6. The molecule has 0 spiro atoms. The molecule has 12 heteroatoms. The largest absolute Gasteiger partial charge is 0.490 e. The topological polar surface area (TPSA) is 115 Å². The summed E-state index contributed by atoms with van der Waals surface area (Å²) in [7, 11) is 0. The highest BCUT2D eigenvalue weighted by atomic mass is 19.4. The summed E-state index contributed by atoms with van der Waals surface area (Å²) in [5.41, 5.74) is 5.62. The molecular weight excluding hydrogens is 537 g/mol. The molecule has 2 aliphatic rings. The van der Waals surface area contributed by atoms with Crippen LogP contribution < -0.4 is 10.2 Å². The lowest BCUT2D eigenvalue weighted by Gasteiger charge is -2.29. The van der Waals surface area contributed by atoms with Crippen molar-refractivity contribution < 1.29 is 27.8 Å². The molecule has 0 unspecified atom stereocenters. The second kappa shape index (κ2) is 13.9. The van der Waals surface area contributed by atoms with Crippen molar-refractivity contribution in [3.63, 3.8) is 0 Å². The first-order chi connectivity index (χ1) is 19.7. The summed E-state index contributed by atoms with van der Waals surface area (Å²) in [5.74, 6) is -2.22. The number of morpholine rings is 1. The number of hydrogen-bond donors (Lipinski definition) is 2. The predicted molar refractivity (Wildman–Crippen MR) is 148 cm³/mol. The summed E-state index contributed by atoms with van der Waals surface area (Å²) in [6.07, 6.45) is 0.633. The van der Waals surface area contributed by atoms with E-state index in [1.54, 1.807) is 6.20 Å². The zero-order valence-corrected chi connectivity index (χ0v) is 22.4. The second-order valence-electron chi connectivity index (χ2n) is 9.71. The summed E-state index contributed by atoms with van der Waals surface area (Å²) in [5, 5.41) is 20.0. The van der Waals surface area contributed by atoms with E-state index in [0.29, 0.717) is 24.7 Å². The van der Waals surface area contributed by atoms with Gasteiger partial charge in [-0.05, 0) is 67.9 Å². The van der Waals surface area contributed by atoms with E-state index in [1.807, 2.05) is 18.2 Å². The predicted octanol–water partition coefficient (Wildman–Crippen LogP) is 5.21. The maximum atomic E-state index is 10.6. The Morgan fingerprint density at radius 2 is 1.71 bits per heavy atom. The fourth-order valence-corrected chi connectivity index (χ4v) is 4.61. The molecular formula is C29H31F3N6O3. The molecule has 41 heavy (non-hydrogen) atoms. The van der Waals surface area contributed by atoms with Crippen LogP contribution in [0.5, 0.6) is 0 Å². The zero-order valence-electron chi connectivity index (χ0n) is 22.4. The van der Waals surface area contributed by atoms with E-state index in [4.69, 9.17) is 19.6 Å². The van der Waals surface area contributed by atoms with Crippen molar-refractivity contribution in [3.8, 4) is 17.3 Å². The van der Waals surface area contributed by atoms with Gasteiger partial charge in [0.2, 0.25) is 5.95 Å². The first-order valence-electron chi connectivity index (χ1n) is 13.3. The third-order valence-electron chi connectivity index (χ3n) is 6.68. The Balaban J connectivity index is 0.000000493. The molecule has 0 aliphatic carbocycles. The number of halogens is 3. The maximum Gasteiger partial charge on any atom is 0.490 e. The SMILES string of the molecule is N#Cc1cc(-c2ccnc(Nc3ccc(CN4CCCCC4)cc3)n2)cc(N2CCOCC2)c1.O=C(O)C(F)(F)F. The maximum absolute atomic E-state index is 10.6. The number of hydrogen-bond acceptors (Lipinski definition) is 8. The van der Waals surface area contributed by atoms with Gasteiger partial charge in [-0.2, -0.15) is 18.4 Å². The first-order valence-corrected chi connectivity index (χ1v) is 13.3. The van der Waals surface area contributed by atoms with Gasteiger partial charge in [-0.25, -0.2) is 14.8 Å².